The second-order valence-corrected chi connectivity index (χ2v) is 4.94. The van der Waals surface area contributed by atoms with Crippen LogP contribution in [0.1, 0.15) is 16.0 Å². The molecule has 1 aromatic carbocycles. The zero-order valence-electron chi connectivity index (χ0n) is 9.38. The minimum absolute atomic E-state index is 0.154. The summed E-state index contributed by atoms with van der Waals surface area (Å²) in [6.07, 6.45) is 0. The lowest BCUT2D eigenvalue weighted by molar-refractivity contribution is 0.629. The molecule has 0 aliphatic heterocycles. The van der Waals surface area contributed by atoms with Gasteiger partial charge in [-0.2, -0.15) is 0 Å². The smallest absolute Gasteiger partial charge is 0.131 e. The van der Waals surface area contributed by atoms with Crippen LogP contribution in [0.25, 0.3) is 11.1 Å². The molecule has 84 valence electrons. The van der Waals surface area contributed by atoms with Crippen molar-refractivity contribution in [1.29, 1.82) is 0 Å². The molecule has 0 bridgehead atoms. The van der Waals surface area contributed by atoms with E-state index in [9.17, 15) is 4.39 Å². The van der Waals surface area contributed by atoms with Gasteiger partial charge < -0.3 is 5.73 Å². The number of halogens is 1. The SMILES string of the molecule is Cc1cc(C)c(-c2csc(CN)c2)c(F)c1. The Kier molecular flexibility index (Phi) is 3.08. The highest BCUT2D eigenvalue weighted by atomic mass is 32.1. The highest BCUT2D eigenvalue weighted by molar-refractivity contribution is 7.10. The van der Waals surface area contributed by atoms with Gasteiger partial charge in [-0.05, 0) is 48.1 Å². The Hall–Kier alpha value is -1.19. The predicted octanol–water partition coefficient (Wildman–Crippen LogP) is 3.63. The molecule has 16 heavy (non-hydrogen) atoms. The van der Waals surface area contributed by atoms with Gasteiger partial charge in [0.15, 0.2) is 0 Å². The third-order valence-electron chi connectivity index (χ3n) is 2.58. The number of thiophene rings is 1. The summed E-state index contributed by atoms with van der Waals surface area (Å²) in [7, 11) is 0. The van der Waals surface area contributed by atoms with Gasteiger partial charge in [0, 0.05) is 17.0 Å². The fourth-order valence-electron chi connectivity index (χ4n) is 1.90. The van der Waals surface area contributed by atoms with Gasteiger partial charge in [-0.25, -0.2) is 4.39 Å². The molecule has 0 spiro atoms. The van der Waals surface area contributed by atoms with Gasteiger partial charge in [-0.15, -0.1) is 11.3 Å². The zero-order valence-corrected chi connectivity index (χ0v) is 10.2. The maximum absolute atomic E-state index is 13.9. The number of rotatable bonds is 2. The first-order chi connectivity index (χ1) is 7.61. The summed E-state index contributed by atoms with van der Waals surface area (Å²) in [4.78, 5) is 1.08. The Morgan fingerprint density at radius 2 is 2.00 bits per heavy atom. The number of nitrogens with two attached hydrogens (primary N) is 1. The number of benzene rings is 1. The van der Waals surface area contributed by atoms with Gasteiger partial charge in [0.05, 0.1) is 0 Å². The molecule has 2 rings (SSSR count). The quantitative estimate of drug-likeness (QED) is 0.845. The second-order valence-electron chi connectivity index (χ2n) is 3.94. The average molecular weight is 235 g/mol. The minimum Gasteiger partial charge on any atom is -0.326 e. The van der Waals surface area contributed by atoms with E-state index in [2.05, 4.69) is 0 Å². The maximum atomic E-state index is 13.9. The molecule has 0 radical (unpaired) electrons. The van der Waals surface area contributed by atoms with Crippen molar-refractivity contribution >= 4 is 11.3 Å². The molecule has 0 atom stereocenters. The van der Waals surface area contributed by atoms with E-state index in [0.717, 1.165) is 21.6 Å². The molecule has 0 fully saturated rings. The summed E-state index contributed by atoms with van der Waals surface area (Å²) in [6, 6.07) is 5.53. The highest BCUT2D eigenvalue weighted by Gasteiger charge is 2.10. The van der Waals surface area contributed by atoms with E-state index in [1.807, 2.05) is 31.4 Å². The van der Waals surface area contributed by atoms with E-state index in [-0.39, 0.29) is 5.82 Å². The van der Waals surface area contributed by atoms with E-state index in [1.165, 1.54) is 0 Å². The summed E-state index contributed by atoms with van der Waals surface area (Å²) in [5, 5.41) is 1.96. The number of hydrogen-bond donors (Lipinski definition) is 1. The van der Waals surface area contributed by atoms with Crippen LogP contribution in [-0.2, 0) is 6.54 Å². The molecule has 0 aliphatic rings. The summed E-state index contributed by atoms with van der Waals surface area (Å²) >= 11 is 1.57. The molecule has 0 unspecified atom stereocenters. The lowest BCUT2D eigenvalue weighted by Gasteiger charge is -2.06. The van der Waals surface area contributed by atoms with E-state index in [4.69, 9.17) is 5.73 Å². The molecule has 1 heterocycles. The van der Waals surface area contributed by atoms with Crippen molar-refractivity contribution in [1.82, 2.24) is 0 Å². The Labute approximate surface area is 98.7 Å². The van der Waals surface area contributed by atoms with Gasteiger partial charge in [0.1, 0.15) is 5.82 Å². The van der Waals surface area contributed by atoms with Crippen molar-refractivity contribution < 1.29 is 4.39 Å². The molecular formula is C13H14FNS. The molecule has 0 amide bonds. The Bertz CT molecular complexity index is 493. The van der Waals surface area contributed by atoms with Crippen molar-refractivity contribution in [2.45, 2.75) is 20.4 Å². The lowest BCUT2D eigenvalue weighted by Crippen LogP contribution is -1.92. The molecule has 1 aromatic heterocycles. The highest BCUT2D eigenvalue weighted by Crippen LogP contribution is 2.31. The Balaban J connectivity index is 2.55. The third kappa shape index (κ3) is 2.01. The van der Waals surface area contributed by atoms with Crippen molar-refractivity contribution in [3.05, 3.63) is 45.4 Å². The van der Waals surface area contributed by atoms with Crippen LogP contribution in [-0.4, -0.2) is 0 Å². The van der Waals surface area contributed by atoms with Crippen molar-refractivity contribution in [2.24, 2.45) is 5.73 Å². The zero-order chi connectivity index (χ0) is 11.7. The third-order valence-corrected chi connectivity index (χ3v) is 3.53. The maximum Gasteiger partial charge on any atom is 0.131 e. The van der Waals surface area contributed by atoms with Gasteiger partial charge in [0.25, 0.3) is 0 Å². The number of aryl methyl sites for hydroxylation is 2. The van der Waals surface area contributed by atoms with Crippen LogP contribution < -0.4 is 5.73 Å². The molecule has 0 saturated heterocycles. The summed E-state index contributed by atoms with van der Waals surface area (Å²) in [5.74, 6) is -0.154. The molecular weight excluding hydrogens is 221 g/mol. The Morgan fingerprint density at radius 3 is 2.56 bits per heavy atom. The van der Waals surface area contributed by atoms with Crippen LogP contribution in [0.2, 0.25) is 0 Å². The molecule has 1 nitrogen and oxygen atoms in total. The molecule has 2 N–H and O–H groups in total. The van der Waals surface area contributed by atoms with Gasteiger partial charge in [-0.1, -0.05) is 6.07 Å². The van der Waals surface area contributed by atoms with E-state index in [0.29, 0.717) is 12.1 Å². The monoisotopic (exact) mass is 235 g/mol. The fourth-order valence-corrected chi connectivity index (χ4v) is 2.66. The van der Waals surface area contributed by atoms with Crippen LogP contribution in [0.5, 0.6) is 0 Å². The first-order valence-electron chi connectivity index (χ1n) is 5.16. The summed E-state index contributed by atoms with van der Waals surface area (Å²) in [6.45, 7) is 4.35. The van der Waals surface area contributed by atoms with Crippen LogP contribution in [0.15, 0.2) is 23.6 Å². The van der Waals surface area contributed by atoms with Crippen LogP contribution >= 0.6 is 11.3 Å². The average Bonchev–Trinajstić information content (AvgIpc) is 2.64. The number of hydrogen-bond acceptors (Lipinski definition) is 2. The van der Waals surface area contributed by atoms with Gasteiger partial charge in [-0.3, -0.25) is 0 Å². The fraction of sp³-hybridized carbons (Fsp3) is 0.231. The minimum atomic E-state index is -0.154. The molecule has 0 aliphatic carbocycles. The van der Waals surface area contributed by atoms with Crippen molar-refractivity contribution in [3.8, 4) is 11.1 Å². The lowest BCUT2D eigenvalue weighted by atomic mass is 10.00. The molecule has 0 saturated carbocycles. The second kappa shape index (κ2) is 4.36. The van der Waals surface area contributed by atoms with E-state index >= 15 is 0 Å². The first-order valence-corrected chi connectivity index (χ1v) is 6.04. The van der Waals surface area contributed by atoms with Gasteiger partial charge in [0.2, 0.25) is 0 Å². The van der Waals surface area contributed by atoms with Gasteiger partial charge >= 0.3 is 0 Å². The van der Waals surface area contributed by atoms with Crippen LogP contribution in [0, 0.1) is 19.7 Å². The first kappa shape index (κ1) is 11.3. The van der Waals surface area contributed by atoms with Crippen molar-refractivity contribution in [3.63, 3.8) is 0 Å². The van der Waals surface area contributed by atoms with Crippen LogP contribution in [0.4, 0.5) is 4.39 Å². The van der Waals surface area contributed by atoms with E-state index < -0.39 is 0 Å². The van der Waals surface area contributed by atoms with E-state index in [1.54, 1.807) is 17.4 Å². The predicted molar refractivity (Wildman–Crippen MR) is 67.1 cm³/mol. The Morgan fingerprint density at radius 1 is 1.25 bits per heavy atom. The standard InChI is InChI=1S/C13H14FNS/c1-8-3-9(2)13(12(14)4-8)10-5-11(6-15)16-7-10/h3-5,7H,6,15H2,1-2H3. The van der Waals surface area contributed by atoms with Crippen LogP contribution in [0.3, 0.4) is 0 Å². The normalized spacial score (nSPS) is 10.8. The topological polar surface area (TPSA) is 26.0 Å². The summed E-state index contributed by atoms with van der Waals surface area (Å²) < 4.78 is 13.9. The summed E-state index contributed by atoms with van der Waals surface area (Å²) in [5.41, 5.74) is 9.11. The molecule has 3 heteroatoms. The largest absolute Gasteiger partial charge is 0.326 e. The molecule has 2 aromatic rings. The van der Waals surface area contributed by atoms with Crippen molar-refractivity contribution in [2.75, 3.05) is 0 Å².